The van der Waals surface area contributed by atoms with Crippen LogP contribution in [-0.4, -0.2) is 41.9 Å². The van der Waals surface area contributed by atoms with Gasteiger partial charge in [-0.3, -0.25) is 0 Å². The molecule has 0 saturated heterocycles. The summed E-state index contributed by atoms with van der Waals surface area (Å²) in [5.41, 5.74) is 2.34. The predicted octanol–water partition coefficient (Wildman–Crippen LogP) is 3.72. The van der Waals surface area contributed by atoms with Gasteiger partial charge in [-0.05, 0) is 56.7 Å². The molecule has 9 heteroatoms. The molecule has 0 amide bonds. The maximum Gasteiger partial charge on any atom is 0.344 e. The third kappa shape index (κ3) is 6.20. The number of nitrogens with zero attached hydrogens (tertiary/aromatic N) is 1. The number of ether oxygens (including phenoxy) is 3. The Morgan fingerprint density at radius 1 is 1.06 bits per heavy atom. The Morgan fingerprint density at radius 2 is 1.79 bits per heavy atom. The molecule has 0 spiro atoms. The van der Waals surface area contributed by atoms with E-state index in [1.165, 1.54) is 0 Å². The number of aliphatic imine (C=N–C) groups is 1. The van der Waals surface area contributed by atoms with E-state index >= 15 is 0 Å². The maximum atomic E-state index is 12.6. The van der Waals surface area contributed by atoms with Crippen molar-refractivity contribution in [3.8, 4) is 11.5 Å². The van der Waals surface area contributed by atoms with Gasteiger partial charge in [0.2, 0.25) is 0 Å². The van der Waals surface area contributed by atoms with Gasteiger partial charge < -0.3 is 29.2 Å². The molecule has 2 aromatic rings. The maximum absolute atomic E-state index is 12.6. The number of carbonyl (C=O) groups excluding carboxylic acids is 2. The van der Waals surface area contributed by atoms with Crippen LogP contribution in [0.5, 0.6) is 11.5 Å². The summed E-state index contributed by atoms with van der Waals surface area (Å²) < 4.78 is 15.9. The van der Waals surface area contributed by atoms with Crippen LogP contribution in [0.25, 0.3) is 6.08 Å². The van der Waals surface area contributed by atoms with Crippen molar-refractivity contribution >= 4 is 40.5 Å². The van der Waals surface area contributed by atoms with E-state index < -0.39 is 18.5 Å². The van der Waals surface area contributed by atoms with Crippen molar-refractivity contribution in [3.63, 3.8) is 0 Å². The normalized spacial score (nSPS) is 15.6. The van der Waals surface area contributed by atoms with Crippen molar-refractivity contribution in [3.05, 3.63) is 69.8 Å². The Hall–Kier alpha value is -3.72. The van der Waals surface area contributed by atoms with E-state index in [0.717, 1.165) is 17.3 Å². The minimum atomic E-state index is -1.35. The minimum Gasteiger partial charge on any atom is -0.546 e. The number of carbonyl (C=O) groups is 2. The van der Waals surface area contributed by atoms with Gasteiger partial charge in [-0.15, -0.1) is 0 Å². The highest BCUT2D eigenvalue weighted by Gasteiger charge is 2.33. The number of rotatable bonds is 9. The summed E-state index contributed by atoms with van der Waals surface area (Å²) in [6.45, 7) is 5.31. The van der Waals surface area contributed by atoms with Gasteiger partial charge in [0.05, 0.1) is 29.8 Å². The molecule has 178 valence electrons. The molecule has 1 N–H and O–H groups in total. The molecular formula is C25H24NO7S-. The molecule has 1 aliphatic heterocycles. The molecule has 0 atom stereocenters. The third-order valence-corrected chi connectivity index (χ3v) is 5.57. The first-order valence-electron chi connectivity index (χ1n) is 10.6. The molecule has 0 unspecified atom stereocenters. The molecular weight excluding hydrogens is 458 g/mol. The van der Waals surface area contributed by atoms with E-state index in [-0.39, 0.29) is 23.7 Å². The lowest BCUT2D eigenvalue weighted by molar-refractivity contribution is -0.307. The number of aryl methyl sites for hydroxylation is 1. The number of hydrogen-bond acceptors (Lipinski definition) is 9. The highest BCUT2D eigenvalue weighted by atomic mass is 32.2. The lowest BCUT2D eigenvalue weighted by Crippen LogP contribution is -2.29. The van der Waals surface area contributed by atoms with E-state index in [4.69, 9.17) is 14.2 Å². The van der Waals surface area contributed by atoms with Crippen molar-refractivity contribution in [1.82, 2.24) is 0 Å². The van der Waals surface area contributed by atoms with E-state index in [1.54, 1.807) is 38.1 Å². The summed E-state index contributed by atoms with van der Waals surface area (Å²) in [5.74, 6) is -1.66. The first kappa shape index (κ1) is 24.9. The van der Waals surface area contributed by atoms with Gasteiger partial charge in [0.15, 0.2) is 11.5 Å². The molecule has 1 heterocycles. The zero-order valence-corrected chi connectivity index (χ0v) is 19.8. The highest BCUT2D eigenvalue weighted by Crippen LogP contribution is 2.41. The van der Waals surface area contributed by atoms with E-state index in [1.807, 2.05) is 31.2 Å². The Balaban J connectivity index is 1.98. The average molecular weight is 483 g/mol. The van der Waals surface area contributed by atoms with Crippen LogP contribution >= 0.6 is 11.8 Å². The van der Waals surface area contributed by atoms with Gasteiger partial charge in [-0.25, -0.2) is 9.79 Å². The van der Waals surface area contributed by atoms with E-state index in [2.05, 4.69) is 4.99 Å². The number of hydrogen-bond donors (Lipinski definition) is 1. The largest absolute Gasteiger partial charge is 0.546 e. The Labute approximate surface area is 201 Å². The highest BCUT2D eigenvalue weighted by molar-refractivity contribution is 8.18. The van der Waals surface area contributed by atoms with Crippen LogP contribution in [0.15, 0.2) is 63.7 Å². The number of carboxylic acids is 1. The molecule has 0 bridgehead atoms. The Morgan fingerprint density at radius 3 is 2.44 bits per heavy atom. The number of aliphatic carboxylic acids is 1. The first-order chi connectivity index (χ1) is 16.3. The van der Waals surface area contributed by atoms with Crippen molar-refractivity contribution in [1.29, 1.82) is 0 Å². The smallest absolute Gasteiger partial charge is 0.344 e. The SMILES string of the molecule is CCOC(=O)C1=C(O)/C(=C\c2ccc(OCC(=O)[O-])c(OCC)c2)SC1=Nc1ccc(C)cc1. The van der Waals surface area contributed by atoms with Crippen LogP contribution in [0.1, 0.15) is 25.0 Å². The lowest BCUT2D eigenvalue weighted by Gasteiger charge is -2.13. The molecule has 34 heavy (non-hydrogen) atoms. The molecule has 0 radical (unpaired) electrons. The molecule has 8 nitrogen and oxygen atoms in total. The van der Waals surface area contributed by atoms with Crippen molar-refractivity contribution in [2.75, 3.05) is 19.8 Å². The fourth-order valence-corrected chi connectivity index (χ4v) is 4.05. The fourth-order valence-electron chi connectivity index (χ4n) is 3.02. The number of aliphatic hydroxyl groups excluding tert-OH is 1. The van der Waals surface area contributed by atoms with Gasteiger partial charge in [-0.2, -0.15) is 0 Å². The van der Waals surface area contributed by atoms with Crippen molar-refractivity contribution in [2.24, 2.45) is 4.99 Å². The van der Waals surface area contributed by atoms with Crippen molar-refractivity contribution in [2.45, 2.75) is 20.8 Å². The Kier molecular flexibility index (Phi) is 8.37. The predicted molar refractivity (Wildman–Crippen MR) is 128 cm³/mol. The standard InChI is InChI=1S/C25H25NO7S/c1-4-31-19-12-16(8-11-18(19)33-14-21(27)28)13-20-23(29)22(25(30)32-5-2)24(34-20)26-17-9-6-15(3)7-10-17/h6-13,29H,4-5,14H2,1-3H3,(H,27,28)/p-1/b20-13+,26-24?. The van der Waals surface area contributed by atoms with Gasteiger partial charge in [-0.1, -0.05) is 35.5 Å². The van der Waals surface area contributed by atoms with Crippen LogP contribution < -0.4 is 14.6 Å². The summed E-state index contributed by atoms with van der Waals surface area (Å²) in [4.78, 5) is 28.2. The number of carboxylic acid groups (broad SMARTS) is 1. The lowest BCUT2D eigenvalue weighted by atomic mass is 10.1. The van der Waals surface area contributed by atoms with E-state index in [0.29, 0.717) is 33.6 Å². The molecule has 0 aliphatic carbocycles. The number of aliphatic hydroxyl groups is 1. The van der Waals surface area contributed by atoms with Crippen LogP contribution in [-0.2, 0) is 14.3 Å². The van der Waals surface area contributed by atoms with Gasteiger partial charge in [0.1, 0.15) is 23.0 Å². The number of esters is 1. The van der Waals surface area contributed by atoms with Crippen LogP contribution in [0.3, 0.4) is 0 Å². The zero-order chi connectivity index (χ0) is 24.7. The number of thioether (sulfide) groups is 1. The monoisotopic (exact) mass is 482 g/mol. The summed E-state index contributed by atoms with van der Waals surface area (Å²) >= 11 is 1.14. The van der Waals surface area contributed by atoms with Gasteiger partial charge >= 0.3 is 5.97 Å². The number of benzene rings is 2. The molecule has 2 aromatic carbocycles. The summed E-state index contributed by atoms with van der Waals surface area (Å²) in [6, 6.07) is 12.3. The van der Waals surface area contributed by atoms with Crippen LogP contribution in [0, 0.1) is 6.92 Å². The van der Waals surface area contributed by atoms with Gasteiger partial charge in [0.25, 0.3) is 0 Å². The zero-order valence-electron chi connectivity index (χ0n) is 19.0. The second kappa shape index (κ2) is 11.4. The average Bonchev–Trinajstić information content (AvgIpc) is 3.09. The van der Waals surface area contributed by atoms with Gasteiger partial charge in [0, 0.05) is 0 Å². The van der Waals surface area contributed by atoms with E-state index in [9.17, 15) is 19.8 Å². The summed E-state index contributed by atoms with van der Waals surface area (Å²) in [7, 11) is 0. The minimum absolute atomic E-state index is 0.00221. The second-order valence-electron chi connectivity index (χ2n) is 7.11. The summed E-state index contributed by atoms with van der Waals surface area (Å²) in [6.07, 6.45) is 1.67. The topological polar surface area (TPSA) is 117 Å². The quantitative estimate of drug-likeness (QED) is 0.538. The third-order valence-electron chi connectivity index (χ3n) is 4.55. The fraction of sp³-hybridized carbons (Fsp3) is 0.240. The second-order valence-corrected chi connectivity index (χ2v) is 8.14. The first-order valence-corrected chi connectivity index (χ1v) is 11.4. The molecule has 3 rings (SSSR count). The summed E-state index contributed by atoms with van der Waals surface area (Å²) in [5, 5.41) is 21.9. The Bertz CT molecular complexity index is 1170. The van der Waals surface area contributed by atoms with Crippen LogP contribution in [0.4, 0.5) is 5.69 Å². The molecule has 0 fully saturated rings. The molecule has 0 saturated carbocycles. The van der Waals surface area contributed by atoms with Crippen molar-refractivity contribution < 1.29 is 34.0 Å². The molecule has 0 aromatic heterocycles. The molecule has 1 aliphatic rings. The van der Waals surface area contributed by atoms with Crippen LogP contribution in [0.2, 0.25) is 0 Å².